The van der Waals surface area contributed by atoms with Gasteiger partial charge in [0.05, 0.1) is 4.90 Å². The third-order valence-electron chi connectivity index (χ3n) is 4.66. The first-order valence-corrected chi connectivity index (χ1v) is 10.7. The van der Waals surface area contributed by atoms with Gasteiger partial charge in [0, 0.05) is 6.04 Å². The van der Waals surface area contributed by atoms with Crippen LogP contribution in [0.15, 0.2) is 47.4 Å². The summed E-state index contributed by atoms with van der Waals surface area (Å²) in [5.41, 5.74) is 3.98. The molecule has 0 saturated carbocycles. The first-order chi connectivity index (χ1) is 12.0. The summed E-state index contributed by atoms with van der Waals surface area (Å²) in [6.45, 7) is 12.1. The van der Waals surface area contributed by atoms with E-state index in [1.54, 1.807) is 0 Å². The maximum Gasteiger partial charge on any atom is 0.241 e. The smallest absolute Gasteiger partial charge is 0.208 e. The summed E-state index contributed by atoms with van der Waals surface area (Å²) in [5.74, 6) is 0. The molecule has 1 N–H and O–H groups in total. The van der Waals surface area contributed by atoms with Gasteiger partial charge in [-0.15, -0.1) is 0 Å². The van der Waals surface area contributed by atoms with Crippen LogP contribution in [0.3, 0.4) is 0 Å². The summed E-state index contributed by atoms with van der Waals surface area (Å²) in [5, 5.41) is 0. The largest absolute Gasteiger partial charge is 0.241 e. The zero-order chi connectivity index (χ0) is 19.5. The molecule has 142 valence electrons. The van der Waals surface area contributed by atoms with Crippen LogP contribution in [0.25, 0.3) is 0 Å². The summed E-state index contributed by atoms with van der Waals surface area (Å²) in [6, 6.07) is 14.0. The van der Waals surface area contributed by atoms with Gasteiger partial charge >= 0.3 is 0 Å². The molecule has 0 heterocycles. The van der Waals surface area contributed by atoms with Gasteiger partial charge in [0.2, 0.25) is 10.0 Å². The summed E-state index contributed by atoms with van der Waals surface area (Å²) < 4.78 is 28.7. The predicted octanol–water partition coefficient (Wildman–Crippen LogP) is 4.90. The first kappa shape index (κ1) is 20.7. The minimum atomic E-state index is -3.54. The Morgan fingerprint density at radius 3 is 2.04 bits per heavy atom. The lowest BCUT2D eigenvalue weighted by molar-refractivity contribution is 0.545. The Bertz CT molecular complexity index is 826. The average molecular weight is 374 g/mol. The second-order valence-corrected chi connectivity index (χ2v) is 9.89. The Hall–Kier alpha value is -1.65. The molecular weight excluding hydrogens is 342 g/mol. The number of benzene rings is 2. The Kier molecular flexibility index (Phi) is 6.30. The summed E-state index contributed by atoms with van der Waals surface area (Å²) in [7, 11) is -3.54. The molecule has 0 amide bonds. The third kappa shape index (κ3) is 5.18. The van der Waals surface area contributed by atoms with Crippen LogP contribution < -0.4 is 4.72 Å². The van der Waals surface area contributed by atoms with Gasteiger partial charge in [-0.2, -0.15) is 0 Å². The molecule has 0 saturated heterocycles. The number of rotatable bonds is 6. The van der Waals surface area contributed by atoms with Crippen molar-refractivity contribution in [3.05, 3.63) is 64.7 Å². The minimum absolute atomic E-state index is 0.00574. The van der Waals surface area contributed by atoms with Gasteiger partial charge in [-0.3, -0.25) is 0 Å². The van der Waals surface area contributed by atoms with Crippen LogP contribution >= 0.6 is 0 Å². The van der Waals surface area contributed by atoms with Crippen LogP contribution in [-0.4, -0.2) is 14.5 Å². The highest BCUT2D eigenvalue weighted by Gasteiger charge is 2.24. The molecule has 3 nitrogen and oxygen atoms in total. The Balaban J connectivity index is 2.17. The number of nitrogens with one attached hydrogen (secondary N) is 1. The molecule has 0 aliphatic heterocycles. The molecule has 0 aliphatic carbocycles. The lowest BCUT2D eigenvalue weighted by Gasteiger charge is -2.23. The lowest BCUT2D eigenvalue weighted by Crippen LogP contribution is -2.34. The van der Waals surface area contributed by atoms with Crippen LogP contribution in [0.1, 0.15) is 56.4 Å². The molecule has 2 aromatic rings. The molecule has 0 unspecified atom stereocenters. The molecule has 0 radical (unpaired) electrons. The number of aryl methyl sites for hydroxylation is 3. The lowest BCUT2D eigenvalue weighted by atomic mass is 9.85. The summed E-state index contributed by atoms with van der Waals surface area (Å²) >= 11 is 0. The predicted molar refractivity (Wildman–Crippen MR) is 109 cm³/mol. The van der Waals surface area contributed by atoms with E-state index >= 15 is 0 Å². The highest BCUT2D eigenvalue weighted by molar-refractivity contribution is 7.89. The molecule has 1 atom stereocenters. The summed E-state index contributed by atoms with van der Waals surface area (Å²) in [4.78, 5) is 0.414. The number of hydrogen-bond donors (Lipinski definition) is 1. The van der Waals surface area contributed by atoms with Crippen LogP contribution in [0, 0.1) is 13.8 Å². The quantitative estimate of drug-likeness (QED) is 0.783. The Morgan fingerprint density at radius 1 is 1.00 bits per heavy atom. The van der Waals surface area contributed by atoms with Gasteiger partial charge < -0.3 is 0 Å². The van der Waals surface area contributed by atoms with Crippen molar-refractivity contribution < 1.29 is 8.42 Å². The monoisotopic (exact) mass is 373 g/mol. The topological polar surface area (TPSA) is 46.2 Å². The van der Waals surface area contributed by atoms with Crippen molar-refractivity contribution in [3.63, 3.8) is 0 Å². The van der Waals surface area contributed by atoms with E-state index in [1.807, 2.05) is 51.1 Å². The maximum atomic E-state index is 12.9. The molecule has 0 aromatic heterocycles. The zero-order valence-electron chi connectivity index (χ0n) is 16.8. The van der Waals surface area contributed by atoms with Crippen LogP contribution in [0.5, 0.6) is 0 Å². The first-order valence-electron chi connectivity index (χ1n) is 9.18. The SMILES string of the molecule is Cc1cc(C(C)(C)C)cc(C)c1S(=O)(=O)N[C@@H](C)CCc1ccccc1. The van der Waals surface area contributed by atoms with Crippen LogP contribution in [0.2, 0.25) is 0 Å². The Morgan fingerprint density at radius 2 is 1.54 bits per heavy atom. The van der Waals surface area contributed by atoms with Crippen LogP contribution in [0.4, 0.5) is 0 Å². The fourth-order valence-electron chi connectivity index (χ4n) is 3.22. The van der Waals surface area contributed by atoms with Crippen molar-refractivity contribution in [3.8, 4) is 0 Å². The number of sulfonamides is 1. The van der Waals surface area contributed by atoms with E-state index in [4.69, 9.17) is 0 Å². The number of hydrogen-bond acceptors (Lipinski definition) is 2. The fourth-order valence-corrected chi connectivity index (χ4v) is 4.95. The second-order valence-electron chi connectivity index (χ2n) is 8.24. The van der Waals surface area contributed by atoms with Crippen molar-refractivity contribution in [1.29, 1.82) is 0 Å². The third-order valence-corrected chi connectivity index (χ3v) is 6.55. The molecule has 2 rings (SSSR count). The van der Waals surface area contributed by atoms with E-state index < -0.39 is 10.0 Å². The van der Waals surface area contributed by atoms with Gasteiger partial charge in [-0.05, 0) is 61.3 Å². The van der Waals surface area contributed by atoms with Crippen molar-refractivity contribution in [2.24, 2.45) is 0 Å². The molecule has 0 bridgehead atoms. The average Bonchev–Trinajstić information content (AvgIpc) is 2.51. The Labute approximate surface area is 158 Å². The second kappa shape index (κ2) is 7.93. The van der Waals surface area contributed by atoms with Gasteiger partial charge in [-0.1, -0.05) is 63.2 Å². The van der Waals surface area contributed by atoms with E-state index in [2.05, 4.69) is 37.6 Å². The van der Waals surface area contributed by atoms with Gasteiger partial charge in [0.25, 0.3) is 0 Å². The van der Waals surface area contributed by atoms with E-state index in [-0.39, 0.29) is 11.5 Å². The summed E-state index contributed by atoms with van der Waals surface area (Å²) in [6.07, 6.45) is 1.62. The molecule has 0 fully saturated rings. The van der Waals surface area contributed by atoms with E-state index in [0.717, 1.165) is 29.5 Å². The van der Waals surface area contributed by atoms with Gasteiger partial charge in [-0.25, -0.2) is 13.1 Å². The molecular formula is C22H31NO2S. The molecule has 2 aromatic carbocycles. The minimum Gasteiger partial charge on any atom is -0.208 e. The van der Waals surface area contributed by atoms with Crippen LogP contribution in [-0.2, 0) is 21.9 Å². The van der Waals surface area contributed by atoms with E-state index in [1.165, 1.54) is 5.56 Å². The van der Waals surface area contributed by atoms with Crippen molar-refractivity contribution in [2.45, 2.75) is 70.7 Å². The molecule has 0 spiro atoms. The van der Waals surface area contributed by atoms with E-state index in [0.29, 0.717) is 4.90 Å². The highest BCUT2D eigenvalue weighted by atomic mass is 32.2. The highest BCUT2D eigenvalue weighted by Crippen LogP contribution is 2.29. The van der Waals surface area contributed by atoms with Crippen molar-refractivity contribution in [2.75, 3.05) is 0 Å². The molecule has 4 heteroatoms. The molecule has 0 aliphatic rings. The molecule has 26 heavy (non-hydrogen) atoms. The fraction of sp³-hybridized carbons (Fsp3) is 0.455. The maximum absolute atomic E-state index is 12.9. The van der Waals surface area contributed by atoms with Gasteiger partial charge in [0.1, 0.15) is 0 Å². The van der Waals surface area contributed by atoms with Crippen molar-refractivity contribution in [1.82, 2.24) is 4.72 Å². The van der Waals surface area contributed by atoms with Gasteiger partial charge in [0.15, 0.2) is 0 Å². The van der Waals surface area contributed by atoms with E-state index in [9.17, 15) is 8.42 Å². The normalized spacial score (nSPS) is 13.6. The zero-order valence-corrected chi connectivity index (χ0v) is 17.6. The van der Waals surface area contributed by atoms with Crippen molar-refractivity contribution >= 4 is 10.0 Å². The standard InChI is InChI=1S/C22H31NO2S/c1-16-14-20(22(4,5)6)15-17(2)21(16)26(24,25)23-18(3)12-13-19-10-8-7-9-11-19/h7-11,14-15,18,23H,12-13H2,1-6H3/t18-/m0/s1.